The molecular formula is C21H26N2O5. The first-order valence-electron chi connectivity index (χ1n) is 8.91. The maximum atomic E-state index is 12.5. The van der Waals surface area contributed by atoms with Crippen LogP contribution in [0.5, 0.6) is 23.0 Å². The molecule has 1 N–H and O–H groups in total. The molecular weight excluding hydrogens is 360 g/mol. The molecule has 0 unspecified atom stereocenters. The van der Waals surface area contributed by atoms with Crippen molar-refractivity contribution < 1.29 is 23.7 Å². The van der Waals surface area contributed by atoms with Crippen LogP contribution in [-0.2, 0) is 0 Å². The lowest BCUT2D eigenvalue weighted by molar-refractivity contribution is 0.0954. The van der Waals surface area contributed by atoms with E-state index in [9.17, 15) is 4.79 Å². The van der Waals surface area contributed by atoms with E-state index in [-0.39, 0.29) is 5.91 Å². The predicted molar refractivity (Wildman–Crippen MR) is 108 cm³/mol. The van der Waals surface area contributed by atoms with Crippen LogP contribution in [0, 0.1) is 0 Å². The summed E-state index contributed by atoms with van der Waals surface area (Å²) in [4.78, 5) is 12.5. The van der Waals surface area contributed by atoms with Gasteiger partial charge in [0.25, 0.3) is 5.91 Å². The van der Waals surface area contributed by atoms with E-state index in [4.69, 9.17) is 18.9 Å². The van der Waals surface area contributed by atoms with Gasteiger partial charge in [0.15, 0.2) is 11.5 Å². The summed E-state index contributed by atoms with van der Waals surface area (Å²) in [7, 11) is 4.50. The zero-order valence-corrected chi connectivity index (χ0v) is 16.9. The Morgan fingerprint density at radius 3 is 2.07 bits per heavy atom. The second kappa shape index (κ2) is 10.2. The molecule has 0 aliphatic carbocycles. The molecule has 150 valence electrons. The summed E-state index contributed by atoms with van der Waals surface area (Å²) in [5, 5.41) is 4.18. The molecule has 1 amide bonds. The van der Waals surface area contributed by atoms with Crippen LogP contribution in [0.4, 0.5) is 0 Å². The highest BCUT2D eigenvalue weighted by molar-refractivity contribution is 6.01. The van der Waals surface area contributed by atoms with E-state index < -0.39 is 0 Å². The molecule has 2 aromatic carbocycles. The molecule has 0 heterocycles. The van der Waals surface area contributed by atoms with Crippen LogP contribution in [0.1, 0.15) is 36.2 Å². The van der Waals surface area contributed by atoms with Gasteiger partial charge in [0.1, 0.15) is 5.75 Å². The summed E-state index contributed by atoms with van der Waals surface area (Å²) in [6.07, 6.45) is 0.954. The lowest BCUT2D eigenvalue weighted by Crippen LogP contribution is -2.19. The summed E-state index contributed by atoms with van der Waals surface area (Å²) in [6, 6.07) is 10.7. The van der Waals surface area contributed by atoms with E-state index in [1.54, 1.807) is 12.1 Å². The minimum absolute atomic E-state index is 0.342. The largest absolute Gasteiger partial charge is 0.494 e. The van der Waals surface area contributed by atoms with Crippen molar-refractivity contribution in [2.45, 2.75) is 20.3 Å². The van der Waals surface area contributed by atoms with Crippen molar-refractivity contribution in [1.29, 1.82) is 0 Å². The first kappa shape index (κ1) is 21.1. The van der Waals surface area contributed by atoms with Crippen LogP contribution in [-0.4, -0.2) is 39.6 Å². The van der Waals surface area contributed by atoms with E-state index in [1.807, 2.05) is 31.2 Å². The average molecular weight is 386 g/mol. The van der Waals surface area contributed by atoms with Crippen molar-refractivity contribution in [3.8, 4) is 23.0 Å². The van der Waals surface area contributed by atoms with Gasteiger partial charge in [-0.3, -0.25) is 4.79 Å². The lowest BCUT2D eigenvalue weighted by atomic mass is 10.1. The summed E-state index contributed by atoms with van der Waals surface area (Å²) >= 11 is 0. The number of hydrogen-bond donors (Lipinski definition) is 1. The van der Waals surface area contributed by atoms with Crippen LogP contribution in [0.2, 0.25) is 0 Å². The molecule has 0 radical (unpaired) electrons. The third-order valence-corrected chi connectivity index (χ3v) is 4.00. The Labute approximate surface area is 165 Å². The van der Waals surface area contributed by atoms with E-state index in [0.29, 0.717) is 35.1 Å². The number of hydrazone groups is 1. The third-order valence-electron chi connectivity index (χ3n) is 4.00. The second-order valence-electron chi connectivity index (χ2n) is 5.92. The minimum atomic E-state index is -0.387. The summed E-state index contributed by atoms with van der Waals surface area (Å²) in [5.41, 5.74) is 4.45. The number of rotatable bonds is 9. The quantitative estimate of drug-likeness (QED) is 0.526. The van der Waals surface area contributed by atoms with Crippen molar-refractivity contribution in [2.75, 3.05) is 27.9 Å². The summed E-state index contributed by atoms with van der Waals surface area (Å²) in [5.74, 6) is 1.64. The Morgan fingerprint density at radius 2 is 1.57 bits per heavy atom. The molecule has 0 aliphatic rings. The Hall–Kier alpha value is -3.22. The number of ether oxygens (including phenoxy) is 4. The fourth-order valence-corrected chi connectivity index (χ4v) is 2.49. The highest BCUT2D eigenvalue weighted by Crippen LogP contribution is 2.38. The molecule has 7 heteroatoms. The monoisotopic (exact) mass is 386 g/mol. The van der Waals surface area contributed by atoms with E-state index in [2.05, 4.69) is 17.5 Å². The lowest BCUT2D eigenvalue weighted by Gasteiger charge is -2.13. The van der Waals surface area contributed by atoms with Gasteiger partial charge in [-0.1, -0.05) is 6.92 Å². The zero-order chi connectivity index (χ0) is 20.5. The Balaban J connectivity index is 2.13. The third kappa shape index (κ3) is 5.16. The van der Waals surface area contributed by atoms with Crippen molar-refractivity contribution >= 4 is 11.6 Å². The molecule has 0 aromatic heterocycles. The van der Waals surface area contributed by atoms with Crippen LogP contribution in [0.3, 0.4) is 0 Å². The van der Waals surface area contributed by atoms with Gasteiger partial charge >= 0.3 is 0 Å². The first-order valence-corrected chi connectivity index (χ1v) is 8.91. The number of carbonyl (C=O) groups excluding carboxylic acids is 1. The van der Waals surface area contributed by atoms with Gasteiger partial charge in [0.2, 0.25) is 5.75 Å². The normalized spacial score (nSPS) is 11.0. The Kier molecular flexibility index (Phi) is 7.68. The Morgan fingerprint density at radius 1 is 0.964 bits per heavy atom. The standard InChI is InChI=1S/C21H26N2O5/c1-6-11-28-17-9-7-15(8-10-17)14(2)22-23-21(24)16-12-18(25-3)20(27-5)19(13-16)26-4/h7-10,12-13H,6,11H2,1-5H3,(H,23,24)/b22-14-. The van der Waals surface area contributed by atoms with Gasteiger partial charge in [-0.2, -0.15) is 5.10 Å². The molecule has 2 aromatic rings. The number of methoxy groups -OCH3 is 3. The maximum absolute atomic E-state index is 12.5. The molecule has 2 rings (SSSR count). The predicted octanol–water partition coefficient (Wildman–Crippen LogP) is 3.66. The summed E-state index contributed by atoms with van der Waals surface area (Å²) in [6.45, 7) is 4.55. The molecule has 0 spiro atoms. The van der Waals surface area contributed by atoms with Crippen LogP contribution in [0.15, 0.2) is 41.5 Å². The Bertz CT molecular complexity index is 806. The number of hydrogen-bond acceptors (Lipinski definition) is 6. The topological polar surface area (TPSA) is 78.4 Å². The van der Waals surface area contributed by atoms with Gasteiger partial charge in [-0.25, -0.2) is 5.43 Å². The molecule has 0 aliphatic heterocycles. The smallest absolute Gasteiger partial charge is 0.271 e. The van der Waals surface area contributed by atoms with Crippen LogP contribution in [0.25, 0.3) is 0 Å². The van der Waals surface area contributed by atoms with Crippen molar-refractivity contribution in [1.82, 2.24) is 5.43 Å². The molecule has 0 saturated heterocycles. The van der Waals surface area contributed by atoms with E-state index >= 15 is 0 Å². The van der Waals surface area contributed by atoms with Crippen molar-refractivity contribution in [2.24, 2.45) is 5.10 Å². The highest BCUT2D eigenvalue weighted by atomic mass is 16.5. The molecule has 28 heavy (non-hydrogen) atoms. The van der Waals surface area contributed by atoms with E-state index in [0.717, 1.165) is 17.7 Å². The van der Waals surface area contributed by atoms with Crippen molar-refractivity contribution in [3.63, 3.8) is 0 Å². The SMILES string of the molecule is CCCOc1ccc(/C(C)=N\NC(=O)c2cc(OC)c(OC)c(OC)c2)cc1. The van der Waals surface area contributed by atoms with Gasteiger partial charge in [0.05, 0.1) is 33.6 Å². The minimum Gasteiger partial charge on any atom is -0.494 e. The van der Waals surface area contributed by atoms with Gasteiger partial charge < -0.3 is 18.9 Å². The number of nitrogens with one attached hydrogen (secondary N) is 1. The average Bonchev–Trinajstić information content (AvgIpc) is 2.74. The van der Waals surface area contributed by atoms with Gasteiger partial charge in [0, 0.05) is 5.56 Å². The van der Waals surface area contributed by atoms with Crippen molar-refractivity contribution in [3.05, 3.63) is 47.5 Å². The summed E-state index contributed by atoms with van der Waals surface area (Å²) < 4.78 is 21.4. The number of amides is 1. The molecule has 0 bridgehead atoms. The molecule has 0 fully saturated rings. The van der Waals surface area contributed by atoms with Crippen LogP contribution >= 0.6 is 0 Å². The first-order chi connectivity index (χ1) is 13.5. The maximum Gasteiger partial charge on any atom is 0.271 e. The fraction of sp³-hybridized carbons (Fsp3) is 0.333. The number of nitrogens with zero attached hydrogens (tertiary/aromatic N) is 1. The van der Waals surface area contributed by atoms with Gasteiger partial charge in [-0.15, -0.1) is 0 Å². The second-order valence-corrected chi connectivity index (χ2v) is 5.92. The number of carbonyl (C=O) groups is 1. The zero-order valence-electron chi connectivity index (χ0n) is 16.9. The number of benzene rings is 2. The highest BCUT2D eigenvalue weighted by Gasteiger charge is 2.16. The van der Waals surface area contributed by atoms with Crippen LogP contribution < -0.4 is 24.4 Å². The molecule has 0 atom stereocenters. The fourth-order valence-electron chi connectivity index (χ4n) is 2.49. The molecule has 7 nitrogen and oxygen atoms in total. The molecule has 0 saturated carbocycles. The van der Waals surface area contributed by atoms with Gasteiger partial charge in [-0.05, 0) is 55.3 Å². The van der Waals surface area contributed by atoms with E-state index in [1.165, 1.54) is 21.3 Å².